The molecule has 21 heavy (non-hydrogen) atoms. The monoisotopic (exact) mass is 299 g/mol. The van der Waals surface area contributed by atoms with Crippen molar-refractivity contribution in [3.05, 3.63) is 48.5 Å². The van der Waals surface area contributed by atoms with Crippen molar-refractivity contribution < 1.29 is 17.9 Å². The first kappa shape index (κ1) is 15.4. The van der Waals surface area contributed by atoms with E-state index in [-0.39, 0.29) is 5.75 Å². The minimum atomic E-state index is -4.65. The highest BCUT2D eigenvalue weighted by atomic mass is 19.4. The summed E-state index contributed by atoms with van der Waals surface area (Å²) in [7, 11) is 0. The Bertz CT molecular complexity index is 523. The van der Waals surface area contributed by atoms with E-state index >= 15 is 0 Å². The molecular formula is C14H16F3N3O. The van der Waals surface area contributed by atoms with Crippen LogP contribution in [0.15, 0.2) is 43.0 Å². The number of benzene rings is 1. The van der Waals surface area contributed by atoms with Crippen LogP contribution < -0.4 is 10.1 Å². The Morgan fingerprint density at radius 3 is 2.57 bits per heavy atom. The van der Waals surface area contributed by atoms with Gasteiger partial charge in [-0.25, -0.2) is 4.98 Å². The third-order valence-corrected chi connectivity index (χ3v) is 2.82. The molecule has 4 nitrogen and oxygen atoms in total. The van der Waals surface area contributed by atoms with Gasteiger partial charge in [-0.1, -0.05) is 12.1 Å². The Morgan fingerprint density at radius 1 is 1.19 bits per heavy atom. The van der Waals surface area contributed by atoms with E-state index in [2.05, 4.69) is 15.0 Å². The van der Waals surface area contributed by atoms with Crippen molar-refractivity contribution >= 4 is 0 Å². The van der Waals surface area contributed by atoms with E-state index in [1.807, 2.05) is 10.8 Å². The van der Waals surface area contributed by atoms with Crippen LogP contribution in [0.4, 0.5) is 13.2 Å². The van der Waals surface area contributed by atoms with Crippen LogP contribution in [0.25, 0.3) is 0 Å². The van der Waals surface area contributed by atoms with Gasteiger partial charge in [-0.2, -0.15) is 0 Å². The standard InChI is InChI=1S/C14H16F3N3O/c15-14(16,17)21-13-4-2-12(3-5-13)10-18-6-1-8-20-9-7-19-11-20/h2-5,7,9,11,18H,1,6,8,10H2. The highest BCUT2D eigenvalue weighted by molar-refractivity contribution is 5.27. The van der Waals surface area contributed by atoms with E-state index in [4.69, 9.17) is 0 Å². The average Bonchev–Trinajstić information content (AvgIpc) is 2.92. The molecule has 7 heteroatoms. The molecule has 1 heterocycles. The predicted molar refractivity (Wildman–Crippen MR) is 71.7 cm³/mol. The maximum absolute atomic E-state index is 12.0. The summed E-state index contributed by atoms with van der Waals surface area (Å²) >= 11 is 0. The normalized spacial score (nSPS) is 11.6. The largest absolute Gasteiger partial charge is 0.573 e. The zero-order valence-corrected chi connectivity index (χ0v) is 11.3. The van der Waals surface area contributed by atoms with Crippen LogP contribution in [-0.2, 0) is 13.1 Å². The first-order valence-electron chi connectivity index (χ1n) is 6.54. The van der Waals surface area contributed by atoms with Gasteiger partial charge in [-0.15, -0.1) is 13.2 Å². The summed E-state index contributed by atoms with van der Waals surface area (Å²) in [5.41, 5.74) is 0.909. The number of hydrogen-bond acceptors (Lipinski definition) is 3. The van der Waals surface area contributed by atoms with E-state index in [1.54, 1.807) is 24.7 Å². The van der Waals surface area contributed by atoms with E-state index < -0.39 is 6.36 Å². The molecule has 114 valence electrons. The second-order valence-electron chi connectivity index (χ2n) is 4.52. The van der Waals surface area contributed by atoms with Crippen LogP contribution in [0.1, 0.15) is 12.0 Å². The number of rotatable bonds is 7. The van der Waals surface area contributed by atoms with Gasteiger partial charge in [0.05, 0.1) is 6.33 Å². The van der Waals surface area contributed by atoms with Crippen LogP contribution in [-0.4, -0.2) is 22.5 Å². The zero-order valence-electron chi connectivity index (χ0n) is 11.3. The molecule has 2 rings (SSSR count). The number of aromatic nitrogens is 2. The molecule has 0 aliphatic rings. The van der Waals surface area contributed by atoms with Gasteiger partial charge in [0, 0.05) is 25.5 Å². The summed E-state index contributed by atoms with van der Waals surface area (Å²) in [6, 6.07) is 5.86. The number of alkyl halides is 3. The number of imidazole rings is 1. The summed E-state index contributed by atoms with van der Waals surface area (Å²) < 4.78 is 41.8. The van der Waals surface area contributed by atoms with Crippen molar-refractivity contribution in [3.63, 3.8) is 0 Å². The van der Waals surface area contributed by atoms with Gasteiger partial charge in [-0.05, 0) is 30.7 Å². The highest BCUT2D eigenvalue weighted by Crippen LogP contribution is 2.22. The average molecular weight is 299 g/mol. The number of nitrogens with one attached hydrogen (secondary N) is 1. The first-order valence-corrected chi connectivity index (χ1v) is 6.54. The van der Waals surface area contributed by atoms with Crippen molar-refractivity contribution in [3.8, 4) is 5.75 Å². The minimum Gasteiger partial charge on any atom is -0.406 e. The molecule has 0 fully saturated rings. The highest BCUT2D eigenvalue weighted by Gasteiger charge is 2.30. The summed E-state index contributed by atoms with van der Waals surface area (Å²) in [5.74, 6) is -0.202. The van der Waals surface area contributed by atoms with Crippen LogP contribution in [0.5, 0.6) is 5.75 Å². The summed E-state index contributed by atoms with van der Waals surface area (Å²) in [6.07, 6.45) is 1.70. The Kier molecular flexibility index (Phi) is 5.21. The molecule has 0 aliphatic carbocycles. The molecule has 0 atom stereocenters. The molecule has 0 bridgehead atoms. The van der Waals surface area contributed by atoms with E-state index in [0.717, 1.165) is 25.1 Å². The third kappa shape index (κ3) is 5.86. The first-order chi connectivity index (χ1) is 10.0. The van der Waals surface area contributed by atoms with Gasteiger partial charge in [0.2, 0.25) is 0 Å². The Labute approximate surface area is 120 Å². The van der Waals surface area contributed by atoms with Gasteiger partial charge in [-0.3, -0.25) is 0 Å². The molecule has 0 amide bonds. The van der Waals surface area contributed by atoms with E-state index in [0.29, 0.717) is 6.54 Å². The van der Waals surface area contributed by atoms with Gasteiger partial charge < -0.3 is 14.6 Å². The summed E-state index contributed by atoms with van der Waals surface area (Å²) in [4.78, 5) is 3.95. The van der Waals surface area contributed by atoms with Crippen molar-refractivity contribution in [1.29, 1.82) is 0 Å². The number of ether oxygens (including phenoxy) is 1. The molecule has 0 unspecified atom stereocenters. The third-order valence-electron chi connectivity index (χ3n) is 2.82. The summed E-state index contributed by atoms with van der Waals surface area (Å²) in [5, 5.41) is 3.24. The minimum absolute atomic E-state index is 0.202. The van der Waals surface area contributed by atoms with E-state index in [9.17, 15) is 13.2 Å². The lowest BCUT2D eigenvalue weighted by atomic mass is 10.2. The molecule has 0 radical (unpaired) electrons. The maximum Gasteiger partial charge on any atom is 0.573 e. The van der Waals surface area contributed by atoms with Gasteiger partial charge >= 0.3 is 6.36 Å². The van der Waals surface area contributed by atoms with Gasteiger partial charge in [0.25, 0.3) is 0 Å². The Morgan fingerprint density at radius 2 is 1.95 bits per heavy atom. The van der Waals surface area contributed by atoms with Crippen LogP contribution >= 0.6 is 0 Å². The lowest BCUT2D eigenvalue weighted by Gasteiger charge is -2.09. The fourth-order valence-electron chi connectivity index (χ4n) is 1.85. The molecule has 0 aliphatic heterocycles. The fraction of sp³-hybridized carbons (Fsp3) is 0.357. The second kappa shape index (κ2) is 7.12. The Hall–Kier alpha value is -2.02. The SMILES string of the molecule is FC(F)(F)Oc1ccc(CNCCCn2ccnc2)cc1. The molecule has 0 saturated heterocycles. The second-order valence-corrected chi connectivity index (χ2v) is 4.52. The lowest BCUT2D eigenvalue weighted by molar-refractivity contribution is -0.274. The fourth-order valence-corrected chi connectivity index (χ4v) is 1.85. The van der Waals surface area contributed by atoms with Crippen molar-refractivity contribution in [2.75, 3.05) is 6.54 Å². The van der Waals surface area contributed by atoms with Crippen molar-refractivity contribution in [1.82, 2.24) is 14.9 Å². The molecule has 0 saturated carbocycles. The molecule has 2 aromatic rings. The molecule has 0 spiro atoms. The number of hydrogen-bond donors (Lipinski definition) is 1. The molecule has 1 N–H and O–H groups in total. The number of aryl methyl sites for hydroxylation is 1. The smallest absolute Gasteiger partial charge is 0.406 e. The van der Waals surface area contributed by atoms with E-state index in [1.165, 1.54) is 12.1 Å². The predicted octanol–water partition coefficient (Wildman–Crippen LogP) is 2.96. The summed E-state index contributed by atoms with van der Waals surface area (Å²) in [6.45, 7) is 2.31. The van der Waals surface area contributed by atoms with Crippen LogP contribution in [0, 0.1) is 0 Å². The van der Waals surface area contributed by atoms with Crippen molar-refractivity contribution in [2.24, 2.45) is 0 Å². The van der Waals surface area contributed by atoms with Gasteiger partial charge in [0.15, 0.2) is 0 Å². The quantitative estimate of drug-likeness (QED) is 0.799. The Balaban J connectivity index is 1.66. The molecule has 1 aromatic heterocycles. The molecular weight excluding hydrogens is 283 g/mol. The lowest BCUT2D eigenvalue weighted by Crippen LogP contribution is -2.17. The van der Waals surface area contributed by atoms with Gasteiger partial charge in [0.1, 0.15) is 5.75 Å². The number of halogens is 3. The molecule has 1 aromatic carbocycles. The van der Waals surface area contributed by atoms with Crippen molar-refractivity contribution in [2.45, 2.75) is 25.9 Å². The maximum atomic E-state index is 12.0. The van der Waals surface area contributed by atoms with Crippen LogP contribution in [0.2, 0.25) is 0 Å². The number of nitrogens with zero attached hydrogens (tertiary/aromatic N) is 2. The zero-order chi connectivity index (χ0) is 15.1. The topological polar surface area (TPSA) is 39.1 Å². The van der Waals surface area contributed by atoms with Crippen LogP contribution in [0.3, 0.4) is 0 Å².